The first kappa shape index (κ1) is 33.6. The molecule has 4 rings (SSSR count). The molecular weight excluding hydrogens is 621 g/mol. The molecule has 1 saturated carbocycles. The number of nitrogens with one attached hydrogen (secondary N) is 1. The summed E-state index contributed by atoms with van der Waals surface area (Å²) < 4.78 is 33.0. The average Bonchev–Trinajstić information content (AvgIpc) is 2.99. The number of benzene rings is 3. The van der Waals surface area contributed by atoms with Gasteiger partial charge in [0.2, 0.25) is 21.8 Å². The Balaban J connectivity index is 1.76. The summed E-state index contributed by atoms with van der Waals surface area (Å²) in [5.74, 6) is -0.524. The molecule has 1 aliphatic carbocycles. The molecule has 44 heavy (non-hydrogen) atoms. The van der Waals surface area contributed by atoms with Gasteiger partial charge in [-0.15, -0.1) is 0 Å². The first-order valence-corrected chi connectivity index (χ1v) is 17.4. The predicted octanol–water partition coefficient (Wildman–Crippen LogP) is 6.25. The zero-order valence-electron chi connectivity index (χ0n) is 25.0. The lowest BCUT2D eigenvalue weighted by Gasteiger charge is -2.35. The fourth-order valence-electron chi connectivity index (χ4n) is 5.47. The third-order valence-electron chi connectivity index (χ3n) is 7.69. The minimum atomic E-state index is -3.94. The SMILES string of the molecule is CCOc1ccccc1N(CC(=O)N(Cc1ccc(Cl)cc1Cl)[C@@H](Cc1ccccc1)C(=O)NC1CCCCC1)S(C)(=O)=O. The number of ether oxygens (including phenoxy) is 1. The maximum atomic E-state index is 14.4. The Morgan fingerprint density at radius 3 is 2.32 bits per heavy atom. The zero-order chi connectivity index (χ0) is 31.7. The molecule has 0 aliphatic heterocycles. The lowest BCUT2D eigenvalue weighted by Crippen LogP contribution is -2.55. The molecule has 1 N–H and O–H groups in total. The highest BCUT2D eigenvalue weighted by Gasteiger charge is 2.35. The fraction of sp³-hybridized carbons (Fsp3) is 0.394. The lowest BCUT2D eigenvalue weighted by atomic mass is 9.94. The molecule has 1 aliphatic rings. The summed E-state index contributed by atoms with van der Waals surface area (Å²) in [5.41, 5.74) is 1.67. The topological polar surface area (TPSA) is 96.0 Å². The highest BCUT2D eigenvalue weighted by molar-refractivity contribution is 7.92. The second kappa shape index (κ2) is 15.6. The predicted molar refractivity (Wildman–Crippen MR) is 176 cm³/mol. The number of carbonyl (C=O) groups is 2. The van der Waals surface area contributed by atoms with Gasteiger partial charge in [0.15, 0.2) is 0 Å². The molecule has 236 valence electrons. The van der Waals surface area contributed by atoms with Gasteiger partial charge in [-0.2, -0.15) is 0 Å². The van der Waals surface area contributed by atoms with E-state index in [0.29, 0.717) is 28.0 Å². The molecule has 0 aromatic heterocycles. The minimum Gasteiger partial charge on any atom is -0.492 e. The van der Waals surface area contributed by atoms with Gasteiger partial charge in [-0.25, -0.2) is 8.42 Å². The van der Waals surface area contributed by atoms with Crippen molar-refractivity contribution >= 4 is 50.7 Å². The first-order chi connectivity index (χ1) is 21.1. The van der Waals surface area contributed by atoms with Crippen molar-refractivity contribution in [1.82, 2.24) is 10.2 Å². The fourth-order valence-corrected chi connectivity index (χ4v) is 6.79. The van der Waals surface area contributed by atoms with Crippen LogP contribution in [0.25, 0.3) is 0 Å². The van der Waals surface area contributed by atoms with E-state index in [4.69, 9.17) is 27.9 Å². The van der Waals surface area contributed by atoms with Crippen LogP contribution < -0.4 is 14.4 Å². The van der Waals surface area contributed by atoms with E-state index in [9.17, 15) is 18.0 Å². The average molecular weight is 661 g/mol. The van der Waals surface area contributed by atoms with Gasteiger partial charge in [0, 0.05) is 29.1 Å². The van der Waals surface area contributed by atoms with E-state index in [0.717, 1.165) is 48.2 Å². The van der Waals surface area contributed by atoms with Gasteiger partial charge in [0.25, 0.3) is 0 Å². The molecule has 0 heterocycles. The Morgan fingerprint density at radius 2 is 1.66 bits per heavy atom. The number of rotatable bonds is 13. The van der Waals surface area contributed by atoms with E-state index in [1.807, 2.05) is 30.3 Å². The lowest BCUT2D eigenvalue weighted by molar-refractivity contribution is -0.140. The quantitative estimate of drug-likeness (QED) is 0.234. The maximum absolute atomic E-state index is 14.4. The van der Waals surface area contributed by atoms with Gasteiger partial charge in [0.05, 0.1) is 18.6 Å². The first-order valence-electron chi connectivity index (χ1n) is 14.8. The molecule has 1 fully saturated rings. The molecule has 0 unspecified atom stereocenters. The minimum absolute atomic E-state index is 0.0104. The highest BCUT2D eigenvalue weighted by atomic mass is 35.5. The number of carbonyl (C=O) groups excluding carboxylic acids is 2. The zero-order valence-corrected chi connectivity index (χ0v) is 27.4. The van der Waals surface area contributed by atoms with Crippen LogP contribution in [0.5, 0.6) is 5.75 Å². The van der Waals surface area contributed by atoms with Crippen molar-refractivity contribution in [2.75, 3.05) is 23.7 Å². The van der Waals surface area contributed by atoms with Crippen LogP contribution in [-0.4, -0.2) is 56.6 Å². The van der Waals surface area contributed by atoms with Gasteiger partial charge in [0.1, 0.15) is 18.3 Å². The van der Waals surface area contributed by atoms with E-state index >= 15 is 0 Å². The highest BCUT2D eigenvalue weighted by Crippen LogP contribution is 2.31. The van der Waals surface area contributed by atoms with Crippen LogP contribution in [0.3, 0.4) is 0 Å². The van der Waals surface area contributed by atoms with Crippen molar-refractivity contribution in [2.24, 2.45) is 0 Å². The summed E-state index contributed by atoms with van der Waals surface area (Å²) >= 11 is 12.7. The van der Waals surface area contributed by atoms with Crippen molar-refractivity contribution in [3.63, 3.8) is 0 Å². The molecule has 0 spiro atoms. The van der Waals surface area contributed by atoms with Crippen molar-refractivity contribution in [1.29, 1.82) is 0 Å². The molecule has 8 nitrogen and oxygen atoms in total. The molecule has 2 amide bonds. The largest absolute Gasteiger partial charge is 0.492 e. The van der Waals surface area contributed by atoms with Gasteiger partial charge in [-0.1, -0.05) is 91.0 Å². The number of sulfonamides is 1. The number of para-hydroxylation sites is 2. The Morgan fingerprint density at radius 1 is 0.977 bits per heavy atom. The smallest absolute Gasteiger partial charge is 0.244 e. The molecule has 0 radical (unpaired) electrons. The number of halogens is 2. The normalized spacial score (nSPS) is 14.5. The van der Waals surface area contributed by atoms with Gasteiger partial charge >= 0.3 is 0 Å². The molecular formula is C33H39Cl2N3O5S. The molecule has 0 bridgehead atoms. The number of nitrogens with zero attached hydrogens (tertiary/aromatic N) is 2. The van der Waals surface area contributed by atoms with Crippen LogP contribution >= 0.6 is 23.2 Å². The number of hydrogen-bond donors (Lipinski definition) is 1. The van der Waals surface area contributed by atoms with Crippen LogP contribution in [0.4, 0.5) is 5.69 Å². The maximum Gasteiger partial charge on any atom is 0.244 e. The Hall–Kier alpha value is -3.27. The molecule has 11 heteroatoms. The van der Waals surface area contributed by atoms with Crippen LogP contribution in [0.2, 0.25) is 10.0 Å². The van der Waals surface area contributed by atoms with Crippen LogP contribution in [0, 0.1) is 0 Å². The van der Waals surface area contributed by atoms with E-state index in [1.165, 1.54) is 4.90 Å². The van der Waals surface area contributed by atoms with Crippen LogP contribution in [0.15, 0.2) is 72.8 Å². The van der Waals surface area contributed by atoms with E-state index in [1.54, 1.807) is 49.4 Å². The summed E-state index contributed by atoms with van der Waals surface area (Å²) in [4.78, 5) is 29.9. The van der Waals surface area contributed by atoms with Crippen molar-refractivity contribution in [2.45, 2.75) is 64.1 Å². The van der Waals surface area contributed by atoms with E-state index in [2.05, 4.69) is 5.32 Å². The Kier molecular flexibility index (Phi) is 11.9. The second-order valence-electron chi connectivity index (χ2n) is 11.0. The van der Waals surface area contributed by atoms with E-state index < -0.39 is 28.5 Å². The van der Waals surface area contributed by atoms with Crippen molar-refractivity contribution < 1.29 is 22.7 Å². The molecule has 1 atom stereocenters. The van der Waals surface area contributed by atoms with Crippen molar-refractivity contribution in [3.8, 4) is 5.75 Å². The van der Waals surface area contributed by atoms with E-state index in [-0.39, 0.29) is 30.6 Å². The molecule has 3 aromatic carbocycles. The summed E-state index contributed by atoms with van der Waals surface area (Å²) in [6, 6.07) is 20.1. The molecule has 0 saturated heterocycles. The van der Waals surface area contributed by atoms with Gasteiger partial charge in [-0.05, 0) is 55.2 Å². The van der Waals surface area contributed by atoms with Gasteiger partial charge < -0.3 is 15.0 Å². The number of hydrogen-bond acceptors (Lipinski definition) is 5. The monoisotopic (exact) mass is 659 g/mol. The standard InChI is InChI=1S/C33H39Cl2N3O5S/c1-3-43-31-17-11-10-16-29(31)38(44(2,41)42)23-32(39)37(22-25-18-19-26(34)21-28(25)35)30(20-24-12-6-4-7-13-24)33(40)36-27-14-8-5-9-15-27/h4,6-7,10-13,16-19,21,27,30H,3,5,8-9,14-15,20,22-23H2,1-2H3,(H,36,40)/t30-/m0/s1. The summed E-state index contributed by atoms with van der Waals surface area (Å²) in [6.45, 7) is 1.53. The summed E-state index contributed by atoms with van der Waals surface area (Å²) in [7, 11) is -3.94. The Labute approximate surface area is 270 Å². The third kappa shape index (κ3) is 9.13. The Bertz CT molecular complexity index is 1530. The summed E-state index contributed by atoms with van der Waals surface area (Å²) in [6.07, 6.45) is 6.20. The summed E-state index contributed by atoms with van der Waals surface area (Å²) in [5, 5.41) is 3.96. The number of anilines is 1. The third-order valence-corrected chi connectivity index (χ3v) is 9.40. The van der Waals surface area contributed by atoms with Crippen molar-refractivity contribution in [3.05, 3.63) is 94.0 Å². The number of amides is 2. The second-order valence-corrected chi connectivity index (χ2v) is 13.7. The van der Waals surface area contributed by atoms with Gasteiger partial charge in [-0.3, -0.25) is 13.9 Å². The molecule has 3 aromatic rings. The van der Waals surface area contributed by atoms with Crippen LogP contribution in [-0.2, 0) is 32.6 Å². The van der Waals surface area contributed by atoms with Crippen LogP contribution in [0.1, 0.15) is 50.2 Å².